The Morgan fingerprint density at radius 1 is 0.568 bits per heavy atom. The van der Waals surface area contributed by atoms with Crippen molar-refractivity contribution < 1.29 is 63.1 Å². The summed E-state index contributed by atoms with van der Waals surface area (Å²) in [5.41, 5.74) is 0.987. The molecule has 74 heavy (non-hydrogen) atoms. The molecule has 380 valence electrons. The van der Waals surface area contributed by atoms with Crippen LogP contribution in [0.15, 0.2) is 128 Å². The molecule has 6 aromatic carbocycles. The van der Waals surface area contributed by atoms with Crippen LogP contribution in [-0.2, 0) is 49.3 Å². The number of nitrogens with zero attached hydrogens (tertiary/aromatic N) is 4. The average Bonchev–Trinajstić information content (AvgIpc) is 3.86. The third-order valence-corrected chi connectivity index (χ3v) is 13.4. The molecule has 0 fully saturated rings. The normalized spacial score (nSPS) is 13.1. The van der Waals surface area contributed by atoms with Gasteiger partial charge in [0, 0.05) is 49.4 Å². The Morgan fingerprint density at radius 2 is 1.03 bits per heavy atom. The van der Waals surface area contributed by atoms with Crippen molar-refractivity contribution >= 4 is 43.7 Å². The summed E-state index contributed by atoms with van der Waals surface area (Å²) in [6.45, 7) is 0.577. The molecule has 0 saturated heterocycles. The van der Waals surface area contributed by atoms with Crippen molar-refractivity contribution in [1.29, 1.82) is 0 Å². The molecule has 0 spiro atoms. The minimum Gasteiger partial charge on any atom is -0.497 e. The van der Waals surface area contributed by atoms with Crippen LogP contribution in [-0.4, -0.2) is 73.8 Å². The maximum Gasteiger partial charge on any atom is 0.534 e. The fourth-order valence-electron chi connectivity index (χ4n) is 8.66. The van der Waals surface area contributed by atoms with Crippen LogP contribution in [0.2, 0.25) is 0 Å². The van der Waals surface area contributed by atoms with Crippen molar-refractivity contribution in [2.45, 2.75) is 44.7 Å². The van der Waals surface area contributed by atoms with Gasteiger partial charge in [-0.25, -0.2) is 8.78 Å². The number of aromatic nitrogens is 2. The third-order valence-electron chi connectivity index (χ3n) is 12.4. The van der Waals surface area contributed by atoms with Crippen LogP contribution >= 0.6 is 0 Å². The van der Waals surface area contributed by atoms with E-state index in [1.807, 2.05) is 30.3 Å². The second-order valence-electron chi connectivity index (χ2n) is 17.6. The first-order valence-electron chi connectivity index (χ1n) is 22.8. The number of benzene rings is 6. The van der Waals surface area contributed by atoms with E-state index in [1.54, 1.807) is 61.7 Å². The molecule has 8 aromatic rings. The van der Waals surface area contributed by atoms with E-state index in [0.717, 1.165) is 33.4 Å². The summed E-state index contributed by atoms with van der Waals surface area (Å²) in [7, 11) is 0.239. The van der Waals surface area contributed by atoms with Crippen LogP contribution in [0.25, 0.3) is 21.8 Å². The van der Waals surface area contributed by atoms with E-state index in [0.29, 0.717) is 58.8 Å². The molecule has 10 rings (SSSR count). The van der Waals surface area contributed by atoms with Crippen molar-refractivity contribution in [3.63, 3.8) is 0 Å². The lowest BCUT2D eigenvalue weighted by molar-refractivity contribution is -0.0499. The Bertz CT molecular complexity index is 3550. The number of hydrogen-bond acceptors (Lipinski definition) is 11. The molecule has 0 aliphatic carbocycles. The molecule has 0 bridgehead atoms. The zero-order chi connectivity index (χ0) is 52.5. The minimum absolute atomic E-state index is 0.0229. The molecule has 0 radical (unpaired) electrons. The Labute approximate surface area is 421 Å². The second-order valence-corrected chi connectivity index (χ2v) is 19.1. The van der Waals surface area contributed by atoms with Crippen molar-refractivity contribution in [2.24, 2.45) is 0 Å². The molecular weight excluding hydrogens is 988 g/mol. The predicted molar refractivity (Wildman–Crippen MR) is 264 cm³/mol. The topological polar surface area (TPSA) is 147 Å². The zero-order valence-corrected chi connectivity index (χ0v) is 40.9. The van der Waals surface area contributed by atoms with Gasteiger partial charge >= 0.3 is 15.6 Å². The summed E-state index contributed by atoms with van der Waals surface area (Å²) < 4.78 is 118. The lowest BCUT2D eigenvalue weighted by atomic mass is 9.99. The van der Waals surface area contributed by atoms with Gasteiger partial charge in [-0.3, -0.25) is 19.6 Å². The van der Waals surface area contributed by atoms with Crippen molar-refractivity contribution in [3.05, 3.63) is 195 Å². The summed E-state index contributed by atoms with van der Waals surface area (Å²) in [5.74, 6) is -0.134. The van der Waals surface area contributed by atoms with Gasteiger partial charge in [-0.2, -0.15) is 21.6 Å². The Kier molecular flexibility index (Phi) is 14.1. The van der Waals surface area contributed by atoms with E-state index in [2.05, 4.69) is 16.0 Å². The summed E-state index contributed by atoms with van der Waals surface area (Å²) >= 11 is 0. The van der Waals surface area contributed by atoms with Crippen molar-refractivity contribution in [1.82, 2.24) is 19.8 Å². The van der Waals surface area contributed by atoms with Gasteiger partial charge in [-0.15, -0.1) is 0 Å². The fourth-order valence-corrected chi connectivity index (χ4v) is 9.16. The quantitative estimate of drug-likeness (QED) is 0.0582. The van der Waals surface area contributed by atoms with Gasteiger partial charge < -0.3 is 32.9 Å². The van der Waals surface area contributed by atoms with Crippen molar-refractivity contribution in [2.75, 3.05) is 28.3 Å². The highest BCUT2D eigenvalue weighted by Crippen LogP contribution is 2.46. The van der Waals surface area contributed by atoms with E-state index in [-0.39, 0.29) is 59.1 Å². The zero-order valence-electron chi connectivity index (χ0n) is 40.1. The van der Waals surface area contributed by atoms with Crippen molar-refractivity contribution in [3.8, 4) is 28.7 Å². The number of methoxy groups -OCH3 is 2. The van der Waals surface area contributed by atoms with Gasteiger partial charge in [-0.1, -0.05) is 48.5 Å². The molecular formula is C55H45F5N4O9S. The number of carbonyl (C=O) groups is 2. The van der Waals surface area contributed by atoms with Gasteiger partial charge in [-0.05, 0) is 119 Å². The number of halogens is 5. The average molecular weight is 1030 g/mol. The van der Waals surface area contributed by atoms with E-state index in [9.17, 15) is 40.0 Å². The monoisotopic (exact) mass is 1030 g/mol. The van der Waals surface area contributed by atoms with Crippen LogP contribution < -0.4 is 23.1 Å². The number of alkyl halides is 3. The Balaban J connectivity index is 0.000000186. The highest BCUT2D eigenvalue weighted by molar-refractivity contribution is 7.88. The molecule has 2 amide bonds. The molecule has 2 aliphatic rings. The Hall–Kier alpha value is -8.32. The third kappa shape index (κ3) is 10.6. The summed E-state index contributed by atoms with van der Waals surface area (Å²) in [4.78, 5) is 38.0. The molecule has 4 heterocycles. The summed E-state index contributed by atoms with van der Waals surface area (Å²) in [5, 5.41) is 0.824. The molecule has 0 N–H and O–H groups in total. The molecule has 0 saturated carbocycles. The van der Waals surface area contributed by atoms with Gasteiger partial charge in [0.05, 0.1) is 31.9 Å². The van der Waals surface area contributed by atoms with Gasteiger partial charge in [0.1, 0.15) is 47.4 Å². The fraction of sp³-hybridized carbons (Fsp3) is 0.200. The maximum atomic E-state index is 13.4. The van der Waals surface area contributed by atoms with Crippen LogP contribution in [0.5, 0.6) is 28.7 Å². The number of rotatable bonds is 14. The van der Waals surface area contributed by atoms with E-state index < -0.39 is 33.1 Å². The molecule has 19 heteroatoms. The molecule has 2 aliphatic heterocycles. The second kappa shape index (κ2) is 20.7. The first-order valence-corrected chi connectivity index (χ1v) is 24.2. The largest absolute Gasteiger partial charge is 0.534 e. The SMILES string of the molecule is COc1ccc(COc2c3c(c(OS(=O)(=O)C(F)(F)F)c4cc(Cc5ccc(F)cc5)cnc24)CN(C)C3=O)cc1.COc1ccc(COc2c3c(cc4cc(Cc5ccc(F)cc5)cnc24)CN(C)C3=O)cc1. The van der Waals surface area contributed by atoms with Gasteiger partial charge in [0.25, 0.3) is 11.8 Å². The van der Waals surface area contributed by atoms with E-state index in [4.69, 9.17) is 23.1 Å². The van der Waals surface area contributed by atoms with Gasteiger partial charge in [0.2, 0.25) is 0 Å². The standard InChI is InChI=1S/C28H22F4N2O6S.C27H23FN2O3/c1-34-14-22-23(27(34)35)26(39-15-17-5-9-20(38-2)10-6-17)24-21(25(22)40-41(36,37)28(30,31)32)12-18(13-33-24)11-16-3-7-19(29)8-4-16;1-30-15-21-13-20-12-19(11-17-3-7-22(28)8-4-17)14-29-25(20)26(24(21)27(30)31)33-16-18-5-9-23(32-2)10-6-18/h3-10,12-13H,11,14-15H2,1-2H3;3-10,12-14H,11,15-16H2,1-2H3. The number of pyridine rings is 2. The van der Waals surface area contributed by atoms with Crippen LogP contribution in [0.1, 0.15) is 65.2 Å². The Morgan fingerprint density at radius 3 is 1.54 bits per heavy atom. The number of amides is 2. The number of ether oxygens (including phenoxy) is 4. The molecule has 0 unspecified atom stereocenters. The summed E-state index contributed by atoms with van der Waals surface area (Å²) in [6, 6.07) is 32.1. The lowest BCUT2D eigenvalue weighted by Crippen LogP contribution is -2.28. The summed E-state index contributed by atoms with van der Waals surface area (Å²) in [6.07, 6.45) is 4.05. The molecule has 2 aromatic heterocycles. The maximum absolute atomic E-state index is 13.4. The molecule has 0 atom stereocenters. The van der Waals surface area contributed by atoms with E-state index >= 15 is 0 Å². The smallest absolute Gasteiger partial charge is 0.497 e. The van der Waals surface area contributed by atoms with Crippen LogP contribution in [0.3, 0.4) is 0 Å². The number of hydrogen-bond donors (Lipinski definition) is 0. The highest BCUT2D eigenvalue weighted by atomic mass is 32.2. The molecule has 13 nitrogen and oxygen atoms in total. The van der Waals surface area contributed by atoms with Gasteiger partial charge in [0.15, 0.2) is 17.2 Å². The minimum atomic E-state index is -6.10. The predicted octanol–water partition coefficient (Wildman–Crippen LogP) is 10.5. The number of fused-ring (bicyclic) bond motifs is 4. The van der Waals surface area contributed by atoms with Crippen LogP contribution in [0.4, 0.5) is 22.0 Å². The van der Waals surface area contributed by atoms with Crippen LogP contribution in [0, 0.1) is 11.6 Å². The first kappa shape index (κ1) is 50.6. The van der Waals surface area contributed by atoms with E-state index in [1.165, 1.54) is 67.7 Å². The first-order chi connectivity index (χ1) is 35.4. The number of carbonyl (C=O) groups excluding carboxylic acids is 2. The lowest BCUT2D eigenvalue weighted by Gasteiger charge is -2.18. The highest BCUT2D eigenvalue weighted by Gasteiger charge is 2.50.